The molecule has 4 nitrogen and oxygen atoms in total. The molecule has 0 atom stereocenters. The molecule has 0 fully saturated rings. The number of benzene rings is 3. The molecule has 0 aliphatic carbocycles. The zero-order valence-corrected chi connectivity index (χ0v) is 14.7. The Labute approximate surface area is 155 Å². The summed E-state index contributed by atoms with van der Waals surface area (Å²) in [6.07, 6.45) is 0. The Morgan fingerprint density at radius 2 is 1.88 bits per heavy atom. The van der Waals surface area contributed by atoms with Crippen molar-refractivity contribution < 1.29 is 9.21 Å². The molecule has 0 saturated carbocycles. The van der Waals surface area contributed by atoms with Gasteiger partial charge in [-0.05, 0) is 49.4 Å². The number of aryl methyl sites for hydroxylation is 1. The van der Waals surface area contributed by atoms with Crippen LogP contribution in [0.1, 0.15) is 15.9 Å². The number of hydrogen-bond acceptors (Lipinski definition) is 3. The first-order valence-corrected chi connectivity index (χ1v) is 8.51. The first-order chi connectivity index (χ1) is 12.6. The molecule has 4 aromatic rings. The molecule has 0 bridgehead atoms. The molecular formula is C21H15ClN2O2. The summed E-state index contributed by atoms with van der Waals surface area (Å²) in [6.45, 7) is 1.95. The molecule has 0 unspecified atom stereocenters. The number of fused-ring (bicyclic) bond motifs is 1. The van der Waals surface area contributed by atoms with E-state index < -0.39 is 0 Å². The van der Waals surface area contributed by atoms with E-state index in [4.69, 9.17) is 16.0 Å². The maximum Gasteiger partial charge on any atom is 0.255 e. The lowest BCUT2D eigenvalue weighted by Gasteiger charge is -2.05. The van der Waals surface area contributed by atoms with Crippen molar-refractivity contribution in [3.63, 3.8) is 0 Å². The highest BCUT2D eigenvalue weighted by Gasteiger charge is 2.11. The summed E-state index contributed by atoms with van der Waals surface area (Å²) >= 11 is 6.03. The van der Waals surface area contributed by atoms with Crippen LogP contribution in [-0.4, -0.2) is 10.9 Å². The van der Waals surface area contributed by atoms with Crippen molar-refractivity contribution in [2.75, 3.05) is 5.32 Å². The van der Waals surface area contributed by atoms with E-state index in [2.05, 4.69) is 10.3 Å². The quantitative estimate of drug-likeness (QED) is 0.508. The van der Waals surface area contributed by atoms with Gasteiger partial charge in [0.1, 0.15) is 5.52 Å². The monoisotopic (exact) mass is 362 g/mol. The lowest BCUT2D eigenvalue weighted by Crippen LogP contribution is -2.11. The molecule has 0 aliphatic rings. The van der Waals surface area contributed by atoms with Gasteiger partial charge in [0.05, 0.1) is 0 Å². The van der Waals surface area contributed by atoms with E-state index in [1.807, 2.05) is 43.3 Å². The summed E-state index contributed by atoms with van der Waals surface area (Å²) in [5, 5.41) is 3.51. The van der Waals surface area contributed by atoms with Crippen molar-refractivity contribution in [1.82, 2.24) is 4.98 Å². The minimum absolute atomic E-state index is 0.164. The van der Waals surface area contributed by atoms with Gasteiger partial charge in [-0.25, -0.2) is 4.98 Å². The Kier molecular flexibility index (Phi) is 4.19. The van der Waals surface area contributed by atoms with Crippen LogP contribution in [-0.2, 0) is 0 Å². The molecule has 0 radical (unpaired) electrons. The molecule has 1 heterocycles. The number of halogens is 1. The molecule has 3 aromatic carbocycles. The van der Waals surface area contributed by atoms with E-state index in [-0.39, 0.29) is 5.91 Å². The van der Waals surface area contributed by atoms with Gasteiger partial charge in [-0.3, -0.25) is 4.79 Å². The summed E-state index contributed by atoms with van der Waals surface area (Å²) < 4.78 is 5.84. The van der Waals surface area contributed by atoms with Gasteiger partial charge in [-0.2, -0.15) is 0 Å². The molecule has 26 heavy (non-hydrogen) atoms. The molecule has 1 amide bonds. The van der Waals surface area contributed by atoms with Gasteiger partial charge < -0.3 is 9.73 Å². The van der Waals surface area contributed by atoms with Gasteiger partial charge in [0.15, 0.2) is 5.58 Å². The van der Waals surface area contributed by atoms with Crippen LogP contribution < -0.4 is 5.32 Å². The summed E-state index contributed by atoms with van der Waals surface area (Å²) in [6, 6.07) is 20.2. The van der Waals surface area contributed by atoms with E-state index in [0.717, 1.165) is 11.1 Å². The second kappa shape index (κ2) is 6.65. The molecule has 0 spiro atoms. The summed E-state index contributed by atoms with van der Waals surface area (Å²) in [5.41, 5.74) is 4.42. The Balaban J connectivity index is 1.62. The smallest absolute Gasteiger partial charge is 0.255 e. The fourth-order valence-electron chi connectivity index (χ4n) is 2.74. The largest absolute Gasteiger partial charge is 0.436 e. The van der Waals surface area contributed by atoms with Crippen molar-refractivity contribution in [2.45, 2.75) is 6.92 Å². The minimum atomic E-state index is -0.164. The van der Waals surface area contributed by atoms with E-state index in [1.54, 1.807) is 30.3 Å². The van der Waals surface area contributed by atoms with Crippen LogP contribution >= 0.6 is 11.6 Å². The number of amides is 1. The van der Waals surface area contributed by atoms with Crippen molar-refractivity contribution >= 4 is 34.3 Å². The van der Waals surface area contributed by atoms with E-state index in [9.17, 15) is 4.79 Å². The molecule has 1 aromatic heterocycles. The van der Waals surface area contributed by atoms with Crippen molar-refractivity contribution in [3.8, 4) is 11.5 Å². The highest BCUT2D eigenvalue weighted by Crippen LogP contribution is 2.28. The molecule has 4 rings (SSSR count). The molecule has 5 heteroatoms. The van der Waals surface area contributed by atoms with Crippen LogP contribution in [0.2, 0.25) is 5.02 Å². The molecular weight excluding hydrogens is 348 g/mol. The lowest BCUT2D eigenvalue weighted by atomic mass is 10.1. The van der Waals surface area contributed by atoms with Gasteiger partial charge in [0.25, 0.3) is 5.91 Å². The number of carbonyl (C=O) groups is 1. The SMILES string of the molecule is Cc1cccc(C(=O)Nc2ccc3nc(-c4cccc(Cl)c4)oc3c2)c1. The average molecular weight is 363 g/mol. The van der Waals surface area contributed by atoms with E-state index >= 15 is 0 Å². The Morgan fingerprint density at radius 3 is 2.69 bits per heavy atom. The highest BCUT2D eigenvalue weighted by molar-refractivity contribution is 6.30. The van der Waals surface area contributed by atoms with Crippen LogP contribution in [0.4, 0.5) is 5.69 Å². The number of anilines is 1. The number of nitrogens with one attached hydrogen (secondary N) is 1. The van der Waals surface area contributed by atoms with Gasteiger partial charge in [-0.1, -0.05) is 35.4 Å². The number of nitrogens with zero attached hydrogens (tertiary/aromatic N) is 1. The van der Waals surface area contributed by atoms with Gasteiger partial charge in [0, 0.05) is 27.9 Å². The maximum absolute atomic E-state index is 12.4. The normalized spacial score (nSPS) is 10.8. The third-order valence-corrected chi connectivity index (χ3v) is 4.23. The number of hydrogen-bond donors (Lipinski definition) is 1. The van der Waals surface area contributed by atoms with Crippen LogP contribution in [0, 0.1) is 6.92 Å². The highest BCUT2D eigenvalue weighted by atomic mass is 35.5. The third-order valence-electron chi connectivity index (χ3n) is 4.00. The second-order valence-corrected chi connectivity index (χ2v) is 6.47. The molecule has 128 valence electrons. The number of oxazole rings is 1. The molecule has 0 aliphatic heterocycles. The maximum atomic E-state index is 12.4. The first-order valence-electron chi connectivity index (χ1n) is 8.13. The van der Waals surface area contributed by atoms with Crippen molar-refractivity contribution in [2.24, 2.45) is 0 Å². The number of aromatic nitrogens is 1. The topological polar surface area (TPSA) is 55.1 Å². The Morgan fingerprint density at radius 1 is 1.04 bits per heavy atom. The van der Waals surface area contributed by atoms with Crippen molar-refractivity contribution in [1.29, 1.82) is 0 Å². The van der Waals surface area contributed by atoms with Gasteiger partial charge >= 0.3 is 0 Å². The summed E-state index contributed by atoms with van der Waals surface area (Å²) in [4.78, 5) is 16.9. The number of rotatable bonds is 3. The molecule has 1 N–H and O–H groups in total. The van der Waals surface area contributed by atoms with Crippen LogP contribution in [0.25, 0.3) is 22.6 Å². The molecule has 0 saturated heterocycles. The fraction of sp³-hybridized carbons (Fsp3) is 0.0476. The first kappa shape index (κ1) is 16.4. The van der Waals surface area contributed by atoms with Gasteiger partial charge in [0.2, 0.25) is 5.89 Å². The van der Waals surface area contributed by atoms with Crippen LogP contribution in [0.5, 0.6) is 0 Å². The van der Waals surface area contributed by atoms with Crippen molar-refractivity contribution in [3.05, 3.63) is 82.9 Å². The predicted octanol–water partition coefficient (Wildman–Crippen LogP) is 5.71. The standard InChI is InChI=1S/C21H15ClN2O2/c1-13-4-2-5-14(10-13)20(25)23-17-8-9-18-19(12-17)26-21(24-18)15-6-3-7-16(22)11-15/h2-12H,1H3,(H,23,25). The zero-order chi connectivity index (χ0) is 18.1. The lowest BCUT2D eigenvalue weighted by molar-refractivity contribution is 0.102. The minimum Gasteiger partial charge on any atom is -0.436 e. The fourth-order valence-corrected chi connectivity index (χ4v) is 2.93. The third kappa shape index (κ3) is 3.32. The van der Waals surface area contributed by atoms with E-state index in [1.165, 1.54) is 0 Å². The number of carbonyl (C=O) groups excluding carboxylic acids is 1. The van der Waals surface area contributed by atoms with Crippen LogP contribution in [0.3, 0.4) is 0 Å². The summed E-state index contributed by atoms with van der Waals surface area (Å²) in [5.74, 6) is 0.326. The Bertz CT molecular complexity index is 1120. The Hall–Kier alpha value is -3.11. The predicted molar refractivity (Wildman–Crippen MR) is 104 cm³/mol. The van der Waals surface area contributed by atoms with Gasteiger partial charge in [-0.15, -0.1) is 0 Å². The van der Waals surface area contributed by atoms with E-state index in [0.29, 0.717) is 33.3 Å². The second-order valence-electron chi connectivity index (χ2n) is 6.04. The average Bonchev–Trinajstić information content (AvgIpc) is 3.05. The zero-order valence-electron chi connectivity index (χ0n) is 14.0. The summed E-state index contributed by atoms with van der Waals surface area (Å²) in [7, 11) is 0. The van der Waals surface area contributed by atoms with Crippen LogP contribution in [0.15, 0.2) is 71.1 Å².